The van der Waals surface area contributed by atoms with Crippen LogP contribution in [0.4, 0.5) is 0 Å². The largest absolute Gasteiger partial charge is 0.418 e. The molecule has 0 radical (unpaired) electrons. The molecule has 8 heteroatoms. The fourth-order valence-electron chi connectivity index (χ4n) is 2.29. The molecule has 116 valence electrons. The van der Waals surface area contributed by atoms with Crippen molar-refractivity contribution < 1.29 is 35.6 Å². The molecule has 0 amide bonds. The molecule has 0 aromatic carbocycles. The van der Waals surface area contributed by atoms with E-state index in [2.05, 4.69) is 0 Å². The predicted octanol–water partition coefficient (Wildman–Crippen LogP) is -1.88. The molecule has 1 rings (SSSR count). The average molecular weight is 291 g/mol. The third-order valence-corrected chi connectivity index (χ3v) is 3.57. The summed E-state index contributed by atoms with van der Waals surface area (Å²) < 4.78 is 0. The van der Waals surface area contributed by atoms with E-state index in [1.165, 1.54) is 0 Å². The molecular weight excluding hydrogens is 270 g/mol. The highest BCUT2D eigenvalue weighted by molar-refractivity contribution is 5.85. The van der Waals surface area contributed by atoms with Gasteiger partial charge in [-0.15, -0.1) is 0 Å². The minimum Gasteiger partial charge on any atom is -0.418 e. The van der Waals surface area contributed by atoms with Gasteiger partial charge in [0.25, 0.3) is 0 Å². The summed E-state index contributed by atoms with van der Waals surface area (Å²) in [6.45, 7) is 0.993. The maximum absolute atomic E-state index is 11.1. The Morgan fingerprint density at radius 3 is 2.40 bits per heavy atom. The van der Waals surface area contributed by atoms with Gasteiger partial charge in [-0.1, -0.05) is 11.6 Å². The first kappa shape index (κ1) is 16.9. The van der Waals surface area contributed by atoms with Gasteiger partial charge in [0, 0.05) is 4.90 Å². The maximum atomic E-state index is 11.1. The van der Waals surface area contributed by atoms with E-state index in [1.807, 2.05) is 0 Å². The third kappa shape index (κ3) is 3.68. The highest BCUT2D eigenvalue weighted by Gasteiger charge is 2.41. The molecule has 0 aliphatic heterocycles. The van der Waals surface area contributed by atoms with Gasteiger partial charge < -0.3 is 30.7 Å². The van der Waals surface area contributed by atoms with Crippen LogP contribution in [-0.4, -0.2) is 72.4 Å². The molecule has 1 aliphatic rings. The molecule has 0 aromatic heterocycles. The second kappa shape index (κ2) is 7.00. The molecule has 0 fully saturated rings. The van der Waals surface area contributed by atoms with Crippen molar-refractivity contribution in [2.75, 3.05) is 6.61 Å². The maximum Gasteiger partial charge on any atom is 0.231 e. The van der Waals surface area contributed by atoms with Gasteiger partial charge in [0.1, 0.15) is 18.3 Å². The van der Waals surface area contributed by atoms with Crippen molar-refractivity contribution in [3.05, 3.63) is 16.9 Å². The molecule has 0 spiro atoms. The van der Waals surface area contributed by atoms with Crippen LogP contribution < -0.4 is 0 Å². The van der Waals surface area contributed by atoms with Crippen molar-refractivity contribution in [1.29, 1.82) is 0 Å². The molecule has 0 unspecified atom stereocenters. The minimum atomic E-state index is -1.76. The molecular formula is C12H21NO7. The number of nitrogens with zero attached hydrogens (tertiary/aromatic N) is 1. The fourth-order valence-corrected chi connectivity index (χ4v) is 2.29. The number of allylic oxidation sites excluding steroid dienone is 2. The van der Waals surface area contributed by atoms with Gasteiger partial charge in [0.2, 0.25) is 5.71 Å². The van der Waals surface area contributed by atoms with Crippen LogP contribution >= 0.6 is 0 Å². The van der Waals surface area contributed by atoms with Crippen molar-refractivity contribution in [1.82, 2.24) is 0 Å². The Balaban J connectivity index is 2.91. The minimum absolute atomic E-state index is 0.0344. The van der Waals surface area contributed by atoms with Gasteiger partial charge in [-0.05, 0) is 13.3 Å². The van der Waals surface area contributed by atoms with Gasteiger partial charge >= 0.3 is 0 Å². The number of aliphatic hydroxyl groups excluding tert-OH is 5. The van der Waals surface area contributed by atoms with Gasteiger partial charge in [0.05, 0.1) is 25.0 Å². The Hall–Kier alpha value is -1.19. The summed E-state index contributed by atoms with van der Waals surface area (Å²) in [5, 5.41) is 67.5. The SMILES string of the molecule is CC1=CC/C(=[N+](/[O-])O)[C@@H]([C@H](O)[C@@H](O)[C@@H](O)[C@H](O)CO)C1. The highest BCUT2D eigenvalue weighted by Crippen LogP contribution is 2.27. The summed E-state index contributed by atoms with van der Waals surface area (Å²) in [5.74, 6) is -0.877. The Labute approximate surface area is 116 Å². The van der Waals surface area contributed by atoms with Gasteiger partial charge in [-0.3, -0.25) is 5.21 Å². The Morgan fingerprint density at radius 2 is 1.90 bits per heavy atom. The lowest BCUT2D eigenvalue weighted by Gasteiger charge is -2.31. The Bertz CT molecular complexity index is 391. The second-order valence-corrected chi connectivity index (χ2v) is 5.05. The number of rotatable bonds is 5. The van der Waals surface area contributed by atoms with E-state index >= 15 is 0 Å². The Kier molecular flexibility index (Phi) is 5.90. The van der Waals surface area contributed by atoms with E-state index in [4.69, 9.17) is 10.3 Å². The van der Waals surface area contributed by atoms with Crippen LogP contribution in [-0.2, 0) is 0 Å². The average Bonchev–Trinajstić information content (AvgIpc) is 2.43. The second-order valence-electron chi connectivity index (χ2n) is 5.05. The van der Waals surface area contributed by atoms with Crippen molar-refractivity contribution in [3.63, 3.8) is 0 Å². The molecule has 0 saturated carbocycles. The van der Waals surface area contributed by atoms with E-state index < -0.39 is 36.9 Å². The van der Waals surface area contributed by atoms with Crippen molar-refractivity contribution in [3.8, 4) is 0 Å². The van der Waals surface area contributed by atoms with E-state index in [9.17, 15) is 25.6 Å². The summed E-state index contributed by atoms with van der Waals surface area (Å²) in [7, 11) is 0. The smallest absolute Gasteiger partial charge is 0.231 e. The summed E-state index contributed by atoms with van der Waals surface area (Å²) in [4.78, 5) is -0.349. The van der Waals surface area contributed by atoms with E-state index in [0.717, 1.165) is 5.57 Å². The van der Waals surface area contributed by atoms with Crippen LogP contribution in [0.1, 0.15) is 19.8 Å². The molecule has 0 saturated heterocycles. The summed E-state index contributed by atoms with van der Waals surface area (Å²) >= 11 is 0. The lowest BCUT2D eigenvalue weighted by atomic mass is 9.80. The molecule has 5 atom stereocenters. The van der Waals surface area contributed by atoms with Crippen molar-refractivity contribution in [2.45, 2.75) is 44.2 Å². The monoisotopic (exact) mass is 291 g/mol. The van der Waals surface area contributed by atoms with Crippen LogP contribution in [0.2, 0.25) is 0 Å². The van der Waals surface area contributed by atoms with Crippen LogP contribution in [0.5, 0.6) is 0 Å². The first-order valence-corrected chi connectivity index (χ1v) is 6.30. The van der Waals surface area contributed by atoms with Crippen molar-refractivity contribution >= 4 is 5.71 Å². The highest BCUT2D eigenvalue weighted by atomic mass is 16.8. The number of hydrogen-bond donors (Lipinski definition) is 6. The lowest BCUT2D eigenvalue weighted by Crippen LogP contribution is -2.50. The van der Waals surface area contributed by atoms with E-state index in [0.29, 0.717) is 0 Å². The topological polar surface area (TPSA) is 147 Å². The van der Waals surface area contributed by atoms with Crippen LogP contribution in [0, 0.1) is 11.1 Å². The summed E-state index contributed by atoms with van der Waals surface area (Å²) in [5.41, 5.74) is 0.830. The zero-order chi connectivity index (χ0) is 15.4. The molecule has 0 bridgehead atoms. The quantitative estimate of drug-likeness (QED) is 0.150. The zero-order valence-corrected chi connectivity index (χ0v) is 11.1. The van der Waals surface area contributed by atoms with Gasteiger partial charge in [0.15, 0.2) is 0 Å². The standard InChI is InChI=1S/C12H21NO7/c1-6-2-3-8(13(19)20)7(4-6)10(16)12(18)11(17)9(15)5-14/h2,7,9-12,14-18H,3-5H2,1H3,(H,19,20)/t7-,9+,10-,11-,12+/m0/s1. The summed E-state index contributed by atoms with van der Waals surface area (Å²) in [6, 6.07) is 0. The molecule has 0 aromatic rings. The molecule has 20 heavy (non-hydrogen) atoms. The van der Waals surface area contributed by atoms with Crippen LogP contribution in [0.25, 0.3) is 0 Å². The third-order valence-electron chi connectivity index (χ3n) is 3.57. The zero-order valence-electron chi connectivity index (χ0n) is 11.1. The fraction of sp³-hybridized carbons (Fsp3) is 0.750. The van der Waals surface area contributed by atoms with Gasteiger partial charge in [-0.2, -0.15) is 0 Å². The number of aliphatic hydroxyl groups is 5. The molecule has 6 N–H and O–H groups in total. The van der Waals surface area contributed by atoms with Crippen LogP contribution in [0.15, 0.2) is 11.6 Å². The van der Waals surface area contributed by atoms with Gasteiger partial charge in [-0.25, -0.2) is 0 Å². The number of hydrogen-bond acceptors (Lipinski definition) is 7. The molecule has 1 aliphatic carbocycles. The Morgan fingerprint density at radius 1 is 1.30 bits per heavy atom. The first-order chi connectivity index (χ1) is 9.29. The van der Waals surface area contributed by atoms with E-state index in [-0.39, 0.29) is 23.5 Å². The van der Waals surface area contributed by atoms with Crippen LogP contribution in [0.3, 0.4) is 0 Å². The predicted molar refractivity (Wildman–Crippen MR) is 68.0 cm³/mol. The van der Waals surface area contributed by atoms with Crippen molar-refractivity contribution in [2.24, 2.45) is 5.92 Å². The summed E-state index contributed by atoms with van der Waals surface area (Å²) in [6.07, 6.45) is -4.63. The lowest BCUT2D eigenvalue weighted by molar-refractivity contribution is -0.728. The van der Waals surface area contributed by atoms with E-state index in [1.54, 1.807) is 13.0 Å². The normalized spacial score (nSPS) is 28.3. The molecule has 0 heterocycles. The first-order valence-electron chi connectivity index (χ1n) is 6.30. The molecule has 8 nitrogen and oxygen atoms in total.